The van der Waals surface area contributed by atoms with Crippen LogP contribution in [0.5, 0.6) is 0 Å². The second-order valence-corrected chi connectivity index (χ2v) is 2.86. The molecule has 0 radical (unpaired) electrons. The van der Waals surface area contributed by atoms with Crippen LogP contribution in [-0.4, -0.2) is 25.3 Å². The topological polar surface area (TPSA) is 95.6 Å². The predicted octanol–water partition coefficient (Wildman–Crippen LogP) is 1.13. The van der Waals surface area contributed by atoms with E-state index in [2.05, 4.69) is 25.3 Å². The van der Waals surface area contributed by atoms with Crippen molar-refractivity contribution in [3.63, 3.8) is 0 Å². The molecule has 0 aliphatic carbocycles. The van der Waals surface area contributed by atoms with Gasteiger partial charge >= 0.3 is 0 Å². The zero-order chi connectivity index (χ0) is 12.1. The molecule has 0 unspecified atom stereocenters. The first-order valence-corrected chi connectivity index (χ1v) is 5.23. The summed E-state index contributed by atoms with van der Waals surface area (Å²) in [5.74, 6) is 0.593. The SMILES string of the molecule is CC.CCc1nnn(-c2nonc2N)c1C. The molecule has 0 saturated carbocycles. The van der Waals surface area contributed by atoms with Gasteiger partial charge in [-0.15, -0.1) is 5.10 Å². The van der Waals surface area contributed by atoms with Crippen molar-refractivity contribution in [3.05, 3.63) is 11.4 Å². The molecule has 2 heterocycles. The van der Waals surface area contributed by atoms with E-state index in [0.29, 0.717) is 5.82 Å². The Morgan fingerprint density at radius 3 is 2.44 bits per heavy atom. The monoisotopic (exact) mass is 224 g/mol. The summed E-state index contributed by atoms with van der Waals surface area (Å²) in [4.78, 5) is 0. The average molecular weight is 224 g/mol. The molecule has 7 nitrogen and oxygen atoms in total. The molecule has 0 aromatic carbocycles. The summed E-state index contributed by atoms with van der Waals surface area (Å²) < 4.78 is 6.00. The minimum absolute atomic E-state index is 0.209. The third kappa shape index (κ3) is 2.02. The van der Waals surface area contributed by atoms with Crippen LogP contribution in [0.2, 0.25) is 0 Å². The molecule has 0 fully saturated rings. The average Bonchev–Trinajstić information content (AvgIpc) is 2.87. The minimum Gasteiger partial charge on any atom is -0.378 e. The fraction of sp³-hybridized carbons (Fsp3) is 0.556. The molecule has 0 spiro atoms. The Balaban J connectivity index is 0.000000606. The Morgan fingerprint density at radius 2 is 2.00 bits per heavy atom. The Labute approximate surface area is 93.6 Å². The van der Waals surface area contributed by atoms with E-state index in [1.54, 1.807) is 0 Å². The van der Waals surface area contributed by atoms with Gasteiger partial charge in [-0.05, 0) is 23.7 Å². The van der Waals surface area contributed by atoms with Crippen molar-refractivity contribution in [3.8, 4) is 5.82 Å². The number of nitrogens with zero attached hydrogens (tertiary/aromatic N) is 5. The highest BCUT2D eigenvalue weighted by Crippen LogP contribution is 2.14. The van der Waals surface area contributed by atoms with Gasteiger partial charge in [-0.25, -0.2) is 4.63 Å². The van der Waals surface area contributed by atoms with Crippen molar-refractivity contribution in [2.75, 3.05) is 5.73 Å². The van der Waals surface area contributed by atoms with Gasteiger partial charge in [0.1, 0.15) is 0 Å². The minimum atomic E-state index is 0.209. The highest BCUT2D eigenvalue weighted by Gasteiger charge is 2.14. The molecule has 16 heavy (non-hydrogen) atoms. The lowest BCUT2D eigenvalue weighted by molar-refractivity contribution is 0.306. The summed E-state index contributed by atoms with van der Waals surface area (Å²) in [6.45, 7) is 7.90. The molecule has 0 saturated heterocycles. The van der Waals surface area contributed by atoms with Crippen molar-refractivity contribution in [1.82, 2.24) is 25.3 Å². The molecular formula is C9H16N6O. The van der Waals surface area contributed by atoms with Crippen LogP contribution in [0, 0.1) is 6.92 Å². The largest absolute Gasteiger partial charge is 0.378 e. The van der Waals surface area contributed by atoms with Gasteiger partial charge in [0.2, 0.25) is 11.6 Å². The Bertz CT molecular complexity index is 447. The van der Waals surface area contributed by atoms with Gasteiger partial charge in [-0.1, -0.05) is 26.0 Å². The Morgan fingerprint density at radius 1 is 1.31 bits per heavy atom. The fourth-order valence-electron chi connectivity index (χ4n) is 1.23. The third-order valence-corrected chi connectivity index (χ3v) is 2.02. The maximum absolute atomic E-state index is 5.54. The van der Waals surface area contributed by atoms with Gasteiger partial charge in [-0.2, -0.15) is 4.68 Å². The Hall–Kier alpha value is -1.92. The molecule has 2 N–H and O–H groups in total. The quantitative estimate of drug-likeness (QED) is 0.821. The van der Waals surface area contributed by atoms with Crippen LogP contribution in [0.1, 0.15) is 32.2 Å². The van der Waals surface area contributed by atoms with E-state index in [0.717, 1.165) is 17.8 Å². The molecule has 2 rings (SSSR count). The summed E-state index contributed by atoms with van der Waals surface area (Å²) in [5.41, 5.74) is 7.34. The van der Waals surface area contributed by atoms with Crippen molar-refractivity contribution < 1.29 is 4.63 Å². The van der Waals surface area contributed by atoms with Crippen LogP contribution in [-0.2, 0) is 6.42 Å². The zero-order valence-corrected chi connectivity index (χ0v) is 9.93. The molecule has 0 aliphatic rings. The summed E-state index contributed by atoms with van der Waals surface area (Å²) in [7, 11) is 0. The van der Waals surface area contributed by atoms with Crippen molar-refractivity contribution in [2.24, 2.45) is 0 Å². The fourth-order valence-corrected chi connectivity index (χ4v) is 1.23. The van der Waals surface area contributed by atoms with Crippen LogP contribution in [0.25, 0.3) is 5.82 Å². The molecule has 0 amide bonds. The lowest BCUT2D eigenvalue weighted by atomic mass is 10.3. The Kier molecular flexibility index (Phi) is 3.98. The van der Waals surface area contributed by atoms with Crippen molar-refractivity contribution in [2.45, 2.75) is 34.1 Å². The van der Waals surface area contributed by atoms with Crippen LogP contribution in [0.3, 0.4) is 0 Å². The smallest absolute Gasteiger partial charge is 0.243 e. The molecule has 0 bridgehead atoms. The van der Waals surface area contributed by atoms with Gasteiger partial charge in [0.25, 0.3) is 0 Å². The van der Waals surface area contributed by atoms with Gasteiger partial charge in [0.15, 0.2) is 0 Å². The van der Waals surface area contributed by atoms with Crippen LogP contribution < -0.4 is 5.73 Å². The third-order valence-electron chi connectivity index (χ3n) is 2.02. The van der Waals surface area contributed by atoms with Gasteiger partial charge in [0.05, 0.1) is 11.4 Å². The summed E-state index contributed by atoms with van der Waals surface area (Å²) >= 11 is 0. The van der Waals surface area contributed by atoms with Crippen molar-refractivity contribution >= 4 is 5.82 Å². The van der Waals surface area contributed by atoms with E-state index < -0.39 is 0 Å². The number of nitrogen functional groups attached to an aromatic ring is 1. The molecule has 0 aliphatic heterocycles. The van der Waals surface area contributed by atoms with Crippen molar-refractivity contribution in [1.29, 1.82) is 0 Å². The first-order chi connectivity index (χ1) is 7.74. The zero-order valence-electron chi connectivity index (χ0n) is 9.93. The number of rotatable bonds is 2. The van der Waals surface area contributed by atoms with Gasteiger partial charge in [-0.3, -0.25) is 0 Å². The van der Waals surface area contributed by atoms with Gasteiger partial charge < -0.3 is 5.73 Å². The standard InChI is InChI=1S/C7H10N6O.C2H6/c1-3-5-4(2)13(12-9-5)7-6(8)10-14-11-7;1-2/h3H2,1-2H3,(H2,8,10);1-2H3. The molecule has 0 atom stereocenters. The molecule has 2 aromatic heterocycles. The van der Waals surface area contributed by atoms with E-state index in [4.69, 9.17) is 5.73 Å². The van der Waals surface area contributed by atoms with E-state index in [1.807, 2.05) is 27.7 Å². The maximum atomic E-state index is 5.54. The number of nitrogens with two attached hydrogens (primary N) is 1. The number of hydrogen-bond donors (Lipinski definition) is 1. The lowest BCUT2D eigenvalue weighted by Crippen LogP contribution is -2.03. The van der Waals surface area contributed by atoms with E-state index >= 15 is 0 Å². The first kappa shape index (κ1) is 12.2. The second-order valence-electron chi connectivity index (χ2n) is 2.86. The predicted molar refractivity (Wildman–Crippen MR) is 59.1 cm³/mol. The molecular weight excluding hydrogens is 208 g/mol. The van der Waals surface area contributed by atoms with Crippen LogP contribution in [0.15, 0.2) is 4.63 Å². The number of anilines is 1. The lowest BCUT2D eigenvalue weighted by Gasteiger charge is -1.96. The molecule has 2 aromatic rings. The number of aromatic nitrogens is 5. The second kappa shape index (κ2) is 5.24. The number of hydrogen-bond acceptors (Lipinski definition) is 6. The van der Waals surface area contributed by atoms with Crippen LogP contribution in [0.4, 0.5) is 5.82 Å². The first-order valence-electron chi connectivity index (χ1n) is 5.23. The molecule has 88 valence electrons. The van der Waals surface area contributed by atoms with Crippen LogP contribution >= 0.6 is 0 Å². The van der Waals surface area contributed by atoms with E-state index in [-0.39, 0.29) is 5.82 Å². The van der Waals surface area contributed by atoms with E-state index in [9.17, 15) is 0 Å². The van der Waals surface area contributed by atoms with Gasteiger partial charge in [0, 0.05) is 0 Å². The highest BCUT2D eigenvalue weighted by molar-refractivity contribution is 5.44. The summed E-state index contributed by atoms with van der Waals surface area (Å²) in [5, 5.41) is 15.0. The number of aryl methyl sites for hydroxylation is 1. The normalized spacial score (nSPS) is 9.75. The van der Waals surface area contributed by atoms with E-state index in [1.165, 1.54) is 4.68 Å². The highest BCUT2D eigenvalue weighted by atomic mass is 16.6. The summed E-state index contributed by atoms with van der Waals surface area (Å²) in [6.07, 6.45) is 0.816. The maximum Gasteiger partial charge on any atom is 0.243 e. The summed E-state index contributed by atoms with van der Waals surface area (Å²) in [6, 6.07) is 0. The molecule has 7 heteroatoms.